The van der Waals surface area contributed by atoms with E-state index in [1.165, 1.54) is 5.69 Å². The van der Waals surface area contributed by atoms with Crippen LogP contribution in [-0.2, 0) is 0 Å². The van der Waals surface area contributed by atoms with Crippen LogP contribution in [0.25, 0.3) is 5.78 Å². The molecule has 0 amide bonds. The second-order valence-corrected chi connectivity index (χ2v) is 5.08. The molecular weight excluding hydrogens is 264 g/mol. The first-order valence-corrected chi connectivity index (χ1v) is 7.11. The molecule has 0 radical (unpaired) electrons. The molecule has 1 aliphatic heterocycles. The van der Waals surface area contributed by atoms with Gasteiger partial charge in [-0.3, -0.25) is 0 Å². The van der Waals surface area contributed by atoms with Gasteiger partial charge < -0.3 is 9.80 Å². The Morgan fingerprint density at radius 2 is 1.57 bits per heavy atom. The second-order valence-electron chi connectivity index (χ2n) is 5.08. The monoisotopic (exact) mass is 280 g/mol. The number of rotatable bonds is 2. The number of fused-ring (bicyclic) bond motifs is 1. The van der Waals surface area contributed by atoms with Crippen molar-refractivity contribution in [2.45, 2.75) is 0 Å². The van der Waals surface area contributed by atoms with E-state index in [0.717, 1.165) is 32.0 Å². The molecule has 1 aliphatic rings. The van der Waals surface area contributed by atoms with E-state index in [4.69, 9.17) is 0 Å². The summed E-state index contributed by atoms with van der Waals surface area (Å²) in [4.78, 5) is 13.1. The summed E-state index contributed by atoms with van der Waals surface area (Å²) in [5.41, 5.74) is 1.29. The van der Waals surface area contributed by atoms with Gasteiger partial charge in [-0.2, -0.15) is 14.6 Å². The Hall–Kier alpha value is -2.63. The topological polar surface area (TPSA) is 49.6 Å². The number of benzene rings is 1. The Kier molecular flexibility index (Phi) is 2.92. The molecule has 2 aromatic heterocycles. The fourth-order valence-corrected chi connectivity index (χ4v) is 2.80. The van der Waals surface area contributed by atoms with Gasteiger partial charge in [-0.1, -0.05) is 18.2 Å². The smallest absolute Gasteiger partial charge is 0.254 e. The quantitative estimate of drug-likeness (QED) is 0.711. The zero-order chi connectivity index (χ0) is 14.1. The van der Waals surface area contributed by atoms with Crippen molar-refractivity contribution in [3.63, 3.8) is 0 Å². The maximum Gasteiger partial charge on any atom is 0.254 e. The summed E-state index contributed by atoms with van der Waals surface area (Å²) >= 11 is 0. The molecule has 0 aliphatic carbocycles. The van der Waals surface area contributed by atoms with Gasteiger partial charge in [0.1, 0.15) is 12.1 Å². The molecule has 1 saturated heterocycles. The van der Waals surface area contributed by atoms with Crippen molar-refractivity contribution in [2.24, 2.45) is 0 Å². The number of anilines is 2. The molecule has 0 unspecified atom stereocenters. The lowest BCUT2D eigenvalue weighted by Crippen LogP contribution is -2.47. The lowest BCUT2D eigenvalue weighted by atomic mass is 10.2. The van der Waals surface area contributed by atoms with Gasteiger partial charge in [-0.25, -0.2) is 4.98 Å². The van der Waals surface area contributed by atoms with E-state index >= 15 is 0 Å². The van der Waals surface area contributed by atoms with Crippen molar-refractivity contribution in [1.82, 2.24) is 19.6 Å². The molecule has 0 saturated carbocycles. The van der Waals surface area contributed by atoms with E-state index in [9.17, 15) is 0 Å². The Bertz CT molecular complexity index is 730. The van der Waals surface area contributed by atoms with E-state index < -0.39 is 0 Å². The highest BCUT2D eigenvalue weighted by Crippen LogP contribution is 2.19. The number of aromatic nitrogens is 4. The van der Waals surface area contributed by atoms with E-state index in [-0.39, 0.29) is 0 Å². The van der Waals surface area contributed by atoms with E-state index in [1.54, 1.807) is 17.0 Å². The van der Waals surface area contributed by atoms with Crippen LogP contribution in [0.4, 0.5) is 11.5 Å². The van der Waals surface area contributed by atoms with Gasteiger partial charge in [0.25, 0.3) is 5.78 Å². The minimum Gasteiger partial charge on any atom is -0.368 e. The normalized spacial score (nSPS) is 15.6. The molecular formula is C15H16N6. The van der Waals surface area contributed by atoms with Crippen LogP contribution in [0.3, 0.4) is 0 Å². The number of para-hydroxylation sites is 1. The third-order valence-electron chi connectivity index (χ3n) is 3.89. The third kappa shape index (κ3) is 2.18. The van der Waals surface area contributed by atoms with Gasteiger partial charge in [0, 0.05) is 38.1 Å². The molecule has 6 nitrogen and oxygen atoms in total. The molecule has 1 fully saturated rings. The van der Waals surface area contributed by atoms with E-state index in [0.29, 0.717) is 5.78 Å². The lowest BCUT2D eigenvalue weighted by Gasteiger charge is -2.37. The summed E-state index contributed by atoms with van der Waals surface area (Å²) in [7, 11) is 0. The van der Waals surface area contributed by atoms with Crippen molar-refractivity contribution >= 4 is 17.3 Å². The van der Waals surface area contributed by atoms with Gasteiger partial charge in [0.2, 0.25) is 0 Å². The van der Waals surface area contributed by atoms with Crippen LogP contribution in [-0.4, -0.2) is 45.8 Å². The third-order valence-corrected chi connectivity index (χ3v) is 3.89. The Balaban J connectivity index is 1.54. The standard InChI is InChI=1S/C15H16N6/c1-2-4-13(5-3-1)19-8-10-20(11-9-19)14-6-7-16-15-17-12-18-21(14)15/h1-7,12H,8-11H2. The zero-order valence-electron chi connectivity index (χ0n) is 11.6. The first-order chi connectivity index (χ1) is 10.4. The maximum absolute atomic E-state index is 4.26. The van der Waals surface area contributed by atoms with Crippen LogP contribution < -0.4 is 9.80 Å². The van der Waals surface area contributed by atoms with Gasteiger partial charge in [0.05, 0.1) is 0 Å². The first-order valence-electron chi connectivity index (χ1n) is 7.11. The number of hydrogen-bond acceptors (Lipinski definition) is 5. The number of piperazine rings is 1. The summed E-state index contributed by atoms with van der Waals surface area (Å²) in [5, 5.41) is 4.26. The molecule has 0 atom stereocenters. The number of hydrogen-bond donors (Lipinski definition) is 0. The molecule has 0 spiro atoms. The van der Waals surface area contributed by atoms with E-state index in [2.05, 4.69) is 55.2 Å². The van der Waals surface area contributed by atoms with Crippen molar-refractivity contribution in [1.29, 1.82) is 0 Å². The second kappa shape index (κ2) is 5.05. The molecule has 0 N–H and O–H groups in total. The molecule has 106 valence electrons. The summed E-state index contributed by atoms with van der Waals surface area (Å²) < 4.78 is 1.80. The largest absolute Gasteiger partial charge is 0.368 e. The molecule has 3 aromatic rings. The van der Waals surface area contributed by atoms with Crippen molar-refractivity contribution < 1.29 is 0 Å². The van der Waals surface area contributed by atoms with Crippen LogP contribution in [0.1, 0.15) is 0 Å². The van der Waals surface area contributed by atoms with Crippen molar-refractivity contribution in [2.75, 3.05) is 36.0 Å². The Morgan fingerprint density at radius 3 is 2.38 bits per heavy atom. The predicted octanol–water partition coefficient (Wildman–Crippen LogP) is 1.45. The van der Waals surface area contributed by atoms with Gasteiger partial charge >= 0.3 is 0 Å². The molecule has 4 rings (SSSR count). The zero-order valence-corrected chi connectivity index (χ0v) is 11.6. The highest BCUT2D eigenvalue weighted by Gasteiger charge is 2.19. The number of nitrogens with zero attached hydrogens (tertiary/aromatic N) is 6. The molecule has 0 bridgehead atoms. The van der Waals surface area contributed by atoms with Gasteiger partial charge in [0.15, 0.2) is 0 Å². The Labute approximate surface area is 122 Å². The average molecular weight is 280 g/mol. The minimum absolute atomic E-state index is 0.651. The minimum atomic E-state index is 0.651. The van der Waals surface area contributed by atoms with Crippen LogP contribution in [0.15, 0.2) is 48.9 Å². The van der Waals surface area contributed by atoms with Gasteiger partial charge in [-0.05, 0) is 18.2 Å². The van der Waals surface area contributed by atoms with Crippen LogP contribution in [0, 0.1) is 0 Å². The summed E-state index contributed by atoms with van der Waals surface area (Å²) in [5.74, 6) is 1.71. The highest BCUT2D eigenvalue weighted by atomic mass is 15.4. The van der Waals surface area contributed by atoms with Crippen LogP contribution >= 0.6 is 0 Å². The fourth-order valence-electron chi connectivity index (χ4n) is 2.80. The molecule has 21 heavy (non-hydrogen) atoms. The maximum atomic E-state index is 4.26. The highest BCUT2D eigenvalue weighted by molar-refractivity contribution is 5.50. The molecule has 6 heteroatoms. The summed E-state index contributed by atoms with van der Waals surface area (Å²) in [6.07, 6.45) is 3.34. The van der Waals surface area contributed by atoms with Crippen LogP contribution in [0.2, 0.25) is 0 Å². The van der Waals surface area contributed by atoms with Crippen molar-refractivity contribution in [3.05, 3.63) is 48.9 Å². The van der Waals surface area contributed by atoms with Gasteiger partial charge in [-0.15, -0.1) is 0 Å². The summed E-state index contributed by atoms with van der Waals surface area (Å²) in [6.45, 7) is 3.94. The average Bonchev–Trinajstić information content (AvgIpc) is 3.04. The Morgan fingerprint density at radius 1 is 0.810 bits per heavy atom. The van der Waals surface area contributed by atoms with Crippen LogP contribution in [0.5, 0.6) is 0 Å². The van der Waals surface area contributed by atoms with E-state index in [1.807, 2.05) is 6.07 Å². The summed E-state index contributed by atoms with van der Waals surface area (Å²) in [6, 6.07) is 12.6. The SMILES string of the molecule is c1ccc(N2CCN(c3ccnc4ncnn34)CC2)cc1. The first kappa shape index (κ1) is 12.1. The fraction of sp³-hybridized carbons (Fsp3) is 0.267. The predicted molar refractivity (Wildman–Crippen MR) is 81.7 cm³/mol. The molecule has 3 heterocycles. The molecule has 1 aromatic carbocycles. The lowest BCUT2D eigenvalue weighted by molar-refractivity contribution is 0.639. The van der Waals surface area contributed by atoms with Crippen molar-refractivity contribution in [3.8, 4) is 0 Å².